The molecule has 2 aliphatic rings. The Kier molecular flexibility index (Phi) is 5.74. The number of amides is 4. The van der Waals surface area contributed by atoms with Crippen LogP contribution < -0.4 is 10.6 Å². The molecule has 1 heterocycles. The lowest BCUT2D eigenvalue weighted by atomic mass is 9.67. The summed E-state index contributed by atoms with van der Waals surface area (Å²) in [5.41, 5.74) is 0.320. The van der Waals surface area contributed by atoms with Crippen LogP contribution in [-0.2, 0) is 9.59 Å². The van der Waals surface area contributed by atoms with E-state index < -0.39 is 11.6 Å². The second-order valence-electron chi connectivity index (χ2n) is 10.4. The Balaban J connectivity index is 1.38. The predicted molar refractivity (Wildman–Crippen MR) is 125 cm³/mol. The quantitative estimate of drug-likeness (QED) is 0.692. The lowest BCUT2D eigenvalue weighted by Gasteiger charge is -2.40. The highest BCUT2D eigenvalue weighted by Crippen LogP contribution is 2.43. The monoisotopic (exact) mass is 435 g/mol. The Morgan fingerprint density at radius 3 is 2.44 bits per heavy atom. The first-order valence-electron chi connectivity index (χ1n) is 11.5. The van der Waals surface area contributed by atoms with Crippen molar-refractivity contribution < 1.29 is 14.4 Å². The van der Waals surface area contributed by atoms with E-state index in [1.54, 1.807) is 0 Å². The SMILES string of the molecule is CC(NC(=O)CN1C(=O)NC2(CCC(C(C)(C)C)CC2)C1=O)c1ccc2ccccc2c1. The Hall–Kier alpha value is -2.89. The van der Waals surface area contributed by atoms with E-state index in [0.717, 1.165) is 34.1 Å². The molecule has 32 heavy (non-hydrogen) atoms. The summed E-state index contributed by atoms with van der Waals surface area (Å²) in [6.07, 6.45) is 3.05. The van der Waals surface area contributed by atoms with Crippen LogP contribution in [0.2, 0.25) is 0 Å². The third-order valence-corrected chi connectivity index (χ3v) is 7.26. The highest BCUT2D eigenvalue weighted by molar-refractivity contribution is 6.09. The molecular formula is C26H33N3O3. The van der Waals surface area contributed by atoms with Gasteiger partial charge in [0, 0.05) is 0 Å². The van der Waals surface area contributed by atoms with Crippen molar-refractivity contribution in [3.63, 3.8) is 0 Å². The number of urea groups is 1. The third kappa shape index (κ3) is 4.23. The smallest absolute Gasteiger partial charge is 0.325 e. The van der Waals surface area contributed by atoms with Gasteiger partial charge in [-0.3, -0.25) is 14.5 Å². The molecule has 1 atom stereocenters. The van der Waals surface area contributed by atoms with E-state index in [1.807, 2.05) is 43.3 Å². The number of carbonyl (C=O) groups is 3. The van der Waals surface area contributed by atoms with Crippen molar-refractivity contribution in [2.45, 2.75) is 65.0 Å². The van der Waals surface area contributed by atoms with Crippen molar-refractivity contribution in [3.8, 4) is 0 Å². The van der Waals surface area contributed by atoms with Crippen LogP contribution in [0.15, 0.2) is 42.5 Å². The molecule has 2 N–H and O–H groups in total. The molecule has 4 rings (SSSR count). The van der Waals surface area contributed by atoms with Gasteiger partial charge in [0.2, 0.25) is 5.91 Å². The second-order valence-corrected chi connectivity index (χ2v) is 10.4. The van der Waals surface area contributed by atoms with Gasteiger partial charge in [0.15, 0.2) is 0 Å². The topological polar surface area (TPSA) is 78.5 Å². The Labute approximate surface area is 189 Å². The maximum Gasteiger partial charge on any atom is 0.325 e. The average Bonchev–Trinajstić information content (AvgIpc) is 2.97. The molecule has 1 unspecified atom stereocenters. The van der Waals surface area contributed by atoms with Gasteiger partial charge in [0.25, 0.3) is 5.91 Å². The van der Waals surface area contributed by atoms with Gasteiger partial charge in [-0.05, 0) is 66.3 Å². The molecule has 6 nitrogen and oxygen atoms in total. The van der Waals surface area contributed by atoms with E-state index in [-0.39, 0.29) is 29.8 Å². The normalized spacial score (nSPS) is 24.6. The number of fused-ring (bicyclic) bond motifs is 1. The summed E-state index contributed by atoms with van der Waals surface area (Å²) in [5, 5.41) is 8.09. The fraction of sp³-hybridized carbons (Fsp3) is 0.500. The van der Waals surface area contributed by atoms with E-state index in [2.05, 4.69) is 37.5 Å². The molecule has 1 aliphatic carbocycles. The van der Waals surface area contributed by atoms with Gasteiger partial charge < -0.3 is 10.6 Å². The number of nitrogens with zero attached hydrogens (tertiary/aromatic N) is 1. The average molecular weight is 436 g/mol. The highest BCUT2D eigenvalue weighted by atomic mass is 16.2. The standard InChI is InChI=1S/C26H33N3O3/c1-17(19-10-9-18-7-5-6-8-20(18)15-19)27-22(30)16-29-23(31)26(28-24(29)32)13-11-21(12-14-26)25(2,3)4/h5-10,15,17,21H,11-14,16H2,1-4H3,(H,27,30)(H,28,32). The zero-order chi connectivity index (χ0) is 23.1. The zero-order valence-corrected chi connectivity index (χ0v) is 19.4. The van der Waals surface area contributed by atoms with Crippen LogP contribution in [0.3, 0.4) is 0 Å². The highest BCUT2D eigenvalue weighted by Gasteiger charge is 2.53. The second kappa shape index (κ2) is 8.23. The summed E-state index contributed by atoms with van der Waals surface area (Å²) in [5.74, 6) is -0.0732. The minimum Gasteiger partial charge on any atom is -0.348 e. The van der Waals surface area contributed by atoms with Crippen molar-refractivity contribution in [3.05, 3.63) is 48.0 Å². The summed E-state index contributed by atoms with van der Waals surface area (Å²) in [6, 6.07) is 13.4. The maximum atomic E-state index is 13.1. The van der Waals surface area contributed by atoms with Crippen molar-refractivity contribution in [1.82, 2.24) is 15.5 Å². The summed E-state index contributed by atoms with van der Waals surface area (Å²) in [6.45, 7) is 8.31. The van der Waals surface area contributed by atoms with Gasteiger partial charge in [-0.25, -0.2) is 4.79 Å². The molecule has 2 fully saturated rings. The van der Waals surface area contributed by atoms with Gasteiger partial charge in [-0.15, -0.1) is 0 Å². The van der Waals surface area contributed by atoms with Crippen LogP contribution in [-0.4, -0.2) is 34.8 Å². The molecule has 1 aliphatic heterocycles. The van der Waals surface area contributed by atoms with Crippen molar-refractivity contribution in [2.75, 3.05) is 6.54 Å². The molecule has 4 amide bonds. The van der Waals surface area contributed by atoms with E-state index in [1.165, 1.54) is 0 Å². The fourth-order valence-corrected chi connectivity index (χ4v) is 5.13. The Morgan fingerprint density at radius 2 is 1.78 bits per heavy atom. The van der Waals surface area contributed by atoms with Crippen LogP contribution in [0.4, 0.5) is 4.79 Å². The van der Waals surface area contributed by atoms with Gasteiger partial charge in [0.05, 0.1) is 6.04 Å². The number of hydrogen-bond acceptors (Lipinski definition) is 3. The minimum absolute atomic E-state index is 0.186. The van der Waals surface area contributed by atoms with E-state index in [4.69, 9.17) is 0 Å². The number of benzene rings is 2. The summed E-state index contributed by atoms with van der Waals surface area (Å²) >= 11 is 0. The Bertz CT molecular complexity index is 1050. The maximum absolute atomic E-state index is 13.1. The first kappa shape index (κ1) is 22.3. The van der Waals surface area contributed by atoms with E-state index >= 15 is 0 Å². The van der Waals surface area contributed by atoms with Gasteiger partial charge in [-0.1, -0.05) is 57.2 Å². The summed E-state index contributed by atoms with van der Waals surface area (Å²) in [7, 11) is 0. The Morgan fingerprint density at radius 1 is 1.12 bits per heavy atom. The van der Waals surface area contributed by atoms with E-state index in [0.29, 0.717) is 18.8 Å². The number of carbonyl (C=O) groups excluding carboxylic acids is 3. The largest absolute Gasteiger partial charge is 0.348 e. The molecule has 1 saturated carbocycles. The van der Waals surface area contributed by atoms with Crippen molar-refractivity contribution >= 4 is 28.6 Å². The zero-order valence-electron chi connectivity index (χ0n) is 19.4. The van der Waals surface area contributed by atoms with Crippen LogP contribution in [0.25, 0.3) is 10.8 Å². The number of imide groups is 1. The van der Waals surface area contributed by atoms with Crippen LogP contribution >= 0.6 is 0 Å². The van der Waals surface area contributed by atoms with Crippen molar-refractivity contribution in [1.29, 1.82) is 0 Å². The lowest BCUT2D eigenvalue weighted by Crippen LogP contribution is -2.51. The molecule has 1 saturated heterocycles. The van der Waals surface area contributed by atoms with Crippen LogP contribution in [0.1, 0.15) is 65.0 Å². The minimum atomic E-state index is -0.844. The summed E-state index contributed by atoms with van der Waals surface area (Å²) in [4.78, 5) is 39.5. The molecule has 0 radical (unpaired) electrons. The molecular weight excluding hydrogens is 402 g/mol. The summed E-state index contributed by atoms with van der Waals surface area (Å²) < 4.78 is 0. The van der Waals surface area contributed by atoms with Gasteiger partial charge in [-0.2, -0.15) is 0 Å². The number of nitrogens with one attached hydrogen (secondary N) is 2. The van der Waals surface area contributed by atoms with E-state index in [9.17, 15) is 14.4 Å². The lowest BCUT2D eigenvalue weighted by molar-refractivity contribution is -0.136. The molecule has 2 aromatic carbocycles. The molecule has 0 bridgehead atoms. The van der Waals surface area contributed by atoms with Crippen molar-refractivity contribution in [2.24, 2.45) is 11.3 Å². The molecule has 6 heteroatoms. The number of hydrogen-bond donors (Lipinski definition) is 2. The van der Waals surface area contributed by atoms with Gasteiger partial charge in [0.1, 0.15) is 12.1 Å². The third-order valence-electron chi connectivity index (χ3n) is 7.26. The molecule has 1 spiro atoms. The number of rotatable bonds is 4. The van der Waals surface area contributed by atoms with Gasteiger partial charge >= 0.3 is 6.03 Å². The van der Waals surface area contributed by atoms with Crippen LogP contribution in [0, 0.1) is 11.3 Å². The van der Waals surface area contributed by atoms with Crippen LogP contribution in [0.5, 0.6) is 0 Å². The molecule has 2 aromatic rings. The predicted octanol–water partition coefficient (Wildman–Crippen LogP) is 4.54. The molecule has 0 aromatic heterocycles. The molecule has 170 valence electrons. The first-order chi connectivity index (χ1) is 15.1. The first-order valence-corrected chi connectivity index (χ1v) is 11.5. The fourth-order valence-electron chi connectivity index (χ4n) is 5.13.